The van der Waals surface area contributed by atoms with Gasteiger partial charge in [-0.3, -0.25) is 14.2 Å². The summed E-state index contributed by atoms with van der Waals surface area (Å²) >= 11 is 0. The van der Waals surface area contributed by atoms with Gasteiger partial charge in [0.1, 0.15) is 12.4 Å². The lowest BCUT2D eigenvalue weighted by atomic mass is 10.1. The van der Waals surface area contributed by atoms with E-state index in [4.69, 9.17) is 0 Å². The summed E-state index contributed by atoms with van der Waals surface area (Å²) < 4.78 is 14.9. The van der Waals surface area contributed by atoms with Gasteiger partial charge in [-0.25, -0.2) is 9.37 Å². The van der Waals surface area contributed by atoms with E-state index in [0.29, 0.717) is 22.2 Å². The number of fused-ring (bicyclic) bond motifs is 1. The van der Waals surface area contributed by atoms with Crippen LogP contribution in [0.25, 0.3) is 11.0 Å². The summed E-state index contributed by atoms with van der Waals surface area (Å²) in [6.45, 7) is 1.77. The normalized spacial score (nSPS) is 10.8. The van der Waals surface area contributed by atoms with E-state index in [9.17, 15) is 14.0 Å². The number of nitrogens with one attached hydrogen (secondary N) is 1. The van der Waals surface area contributed by atoms with Crippen molar-refractivity contribution in [2.75, 3.05) is 0 Å². The largest absolute Gasteiger partial charge is 0.350 e. The van der Waals surface area contributed by atoms with Gasteiger partial charge in [0, 0.05) is 6.54 Å². The molecule has 0 aliphatic rings. The zero-order valence-corrected chi connectivity index (χ0v) is 13.1. The average Bonchev–Trinajstić information content (AvgIpc) is 2.58. The van der Waals surface area contributed by atoms with Crippen molar-refractivity contribution in [2.24, 2.45) is 0 Å². The summed E-state index contributed by atoms with van der Waals surface area (Å²) in [4.78, 5) is 28.2. The summed E-state index contributed by atoms with van der Waals surface area (Å²) in [7, 11) is 0. The van der Waals surface area contributed by atoms with Crippen molar-refractivity contribution in [1.29, 1.82) is 0 Å². The van der Waals surface area contributed by atoms with Crippen LogP contribution < -0.4 is 10.9 Å². The van der Waals surface area contributed by atoms with Gasteiger partial charge in [-0.05, 0) is 36.2 Å². The van der Waals surface area contributed by atoms with Crippen molar-refractivity contribution in [2.45, 2.75) is 20.0 Å². The molecular formula is C18H16FN3O2. The van der Waals surface area contributed by atoms with Gasteiger partial charge in [0.05, 0.1) is 17.2 Å². The van der Waals surface area contributed by atoms with Crippen LogP contribution in [0, 0.1) is 12.7 Å². The van der Waals surface area contributed by atoms with E-state index < -0.39 is 0 Å². The van der Waals surface area contributed by atoms with E-state index in [-0.39, 0.29) is 30.4 Å². The summed E-state index contributed by atoms with van der Waals surface area (Å²) in [5, 5.41) is 2.70. The third kappa shape index (κ3) is 3.32. The van der Waals surface area contributed by atoms with Crippen LogP contribution >= 0.6 is 0 Å². The fourth-order valence-corrected chi connectivity index (χ4v) is 2.42. The first-order valence-electron chi connectivity index (χ1n) is 7.51. The highest BCUT2D eigenvalue weighted by Gasteiger charge is 2.09. The Labute approximate surface area is 137 Å². The molecule has 1 N–H and O–H groups in total. The number of benzene rings is 2. The Morgan fingerprint density at radius 3 is 2.83 bits per heavy atom. The summed E-state index contributed by atoms with van der Waals surface area (Å²) in [6.07, 6.45) is 1.20. The molecule has 0 fully saturated rings. The maximum Gasteiger partial charge on any atom is 0.269 e. The van der Waals surface area contributed by atoms with Gasteiger partial charge in [0.25, 0.3) is 5.56 Å². The van der Waals surface area contributed by atoms with Crippen molar-refractivity contribution in [3.05, 3.63) is 76.0 Å². The van der Waals surface area contributed by atoms with Crippen molar-refractivity contribution < 1.29 is 9.18 Å². The number of aromatic nitrogens is 2. The minimum Gasteiger partial charge on any atom is -0.350 e. The highest BCUT2D eigenvalue weighted by Crippen LogP contribution is 2.10. The zero-order chi connectivity index (χ0) is 17.1. The van der Waals surface area contributed by atoms with Crippen LogP contribution in [0.15, 0.2) is 53.5 Å². The molecule has 0 unspecified atom stereocenters. The molecule has 24 heavy (non-hydrogen) atoms. The fourth-order valence-electron chi connectivity index (χ4n) is 2.42. The minimum absolute atomic E-state index is 0.115. The number of amides is 1. The molecule has 0 radical (unpaired) electrons. The SMILES string of the molecule is Cc1ccc(CNC(=O)Cn2c(=O)cnc3ccccc32)cc1F. The second-order valence-corrected chi connectivity index (χ2v) is 5.53. The molecule has 122 valence electrons. The van der Waals surface area contributed by atoms with Crippen LogP contribution in [0.5, 0.6) is 0 Å². The molecule has 0 aliphatic carbocycles. The van der Waals surface area contributed by atoms with Gasteiger partial charge in [0.15, 0.2) is 0 Å². The number of halogens is 1. The van der Waals surface area contributed by atoms with E-state index >= 15 is 0 Å². The molecule has 0 saturated carbocycles. The molecule has 3 rings (SSSR count). The van der Waals surface area contributed by atoms with Gasteiger partial charge in [-0.15, -0.1) is 0 Å². The van der Waals surface area contributed by atoms with Crippen LogP contribution in [0.3, 0.4) is 0 Å². The van der Waals surface area contributed by atoms with Crippen LogP contribution in [0.4, 0.5) is 4.39 Å². The average molecular weight is 325 g/mol. The highest BCUT2D eigenvalue weighted by molar-refractivity contribution is 5.79. The number of carbonyl (C=O) groups is 1. The molecule has 1 aromatic heterocycles. The van der Waals surface area contributed by atoms with Crippen LogP contribution in [-0.2, 0) is 17.9 Å². The quantitative estimate of drug-likeness (QED) is 0.799. The first-order chi connectivity index (χ1) is 11.5. The Morgan fingerprint density at radius 2 is 2.04 bits per heavy atom. The van der Waals surface area contributed by atoms with Crippen LogP contribution in [0.2, 0.25) is 0 Å². The molecule has 0 atom stereocenters. The van der Waals surface area contributed by atoms with Gasteiger partial charge in [-0.1, -0.05) is 24.3 Å². The molecule has 3 aromatic rings. The topological polar surface area (TPSA) is 64.0 Å². The molecular weight excluding hydrogens is 309 g/mol. The number of nitrogens with zero attached hydrogens (tertiary/aromatic N) is 2. The highest BCUT2D eigenvalue weighted by atomic mass is 19.1. The Hall–Kier alpha value is -3.02. The van der Waals surface area contributed by atoms with E-state index in [0.717, 1.165) is 0 Å². The Bertz CT molecular complexity index is 966. The fraction of sp³-hybridized carbons (Fsp3) is 0.167. The van der Waals surface area contributed by atoms with Gasteiger partial charge >= 0.3 is 0 Å². The number of carbonyl (C=O) groups excluding carboxylic acids is 1. The van der Waals surface area contributed by atoms with Crippen LogP contribution in [0.1, 0.15) is 11.1 Å². The Balaban J connectivity index is 1.74. The number of hydrogen-bond acceptors (Lipinski definition) is 3. The monoisotopic (exact) mass is 325 g/mol. The minimum atomic E-state index is -0.342. The molecule has 6 heteroatoms. The van der Waals surface area contributed by atoms with Crippen LogP contribution in [-0.4, -0.2) is 15.5 Å². The number of para-hydroxylation sites is 2. The van der Waals surface area contributed by atoms with E-state index in [2.05, 4.69) is 10.3 Å². The van der Waals surface area contributed by atoms with E-state index in [1.807, 2.05) is 6.07 Å². The molecule has 0 spiro atoms. The third-order valence-electron chi connectivity index (χ3n) is 3.78. The molecule has 0 bridgehead atoms. The van der Waals surface area contributed by atoms with Crippen molar-refractivity contribution in [3.8, 4) is 0 Å². The van der Waals surface area contributed by atoms with E-state index in [1.165, 1.54) is 16.8 Å². The van der Waals surface area contributed by atoms with Crippen molar-refractivity contribution in [1.82, 2.24) is 14.9 Å². The first-order valence-corrected chi connectivity index (χ1v) is 7.51. The lowest BCUT2D eigenvalue weighted by molar-refractivity contribution is -0.121. The predicted octanol–water partition coefficient (Wildman–Crippen LogP) is 2.16. The maximum atomic E-state index is 13.5. The van der Waals surface area contributed by atoms with E-state index in [1.54, 1.807) is 37.3 Å². The molecule has 0 saturated heterocycles. The second kappa shape index (κ2) is 6.62. The van der Waals surface area contributed by atoms with Crippen molar-refractivity contribution >= 4 is 16.9 Å². The molecule has 0 aliphatic heterocycles. The summed E-state index contributed by atoms with van der Waals surface area (Å²) in [5.41, 5.74) is 2.12. The number of rotatable bonds is 4. The number of hydrogen-bond donors (Lipinski definition) is 1. The smallest absolute Gasteiger partial charge is 0.269 e. The first kappa shape index (κ1) is 15.9. The summed E-state index contributed by atoms with van der Waals surface area (Å²) in [6, 6.07) is 11.9. The predicted molar refractivity (Wildman–Crippen MR) is 89.0 cm³/mol. The molecule has 5 nitrogen and oxygen atoms in total. The Morgan fingerprint density at radius 1 is 1.25 bits per heavy atom. The van der Waals surface area contributed by atoms with Crippen molar-refractivity contribution in [3.63, 3.8) is 0 Å². The van der Waals surface area contributed by atoms with Gasteiger partial charge in [0.2, 0.25) is 5.91 Å². The molecule has 1 amide bonds. The Kier molecular flexibility index (Phi) is 4.37. The third-order valence-corrected chi connectivity index (χ3v) is 3.78. The zero-order valence-electron chi connectivity index (χ0n) is 13.1. The molecule has 1 heterocycles. The van der Waals surface area contributed by atoms with Gasteiger partial charge in [-0.2, -0.15) is 0 Å². The number of aryl methyl sites for hydroxylation is 1. The molecule has 2 aromatic carbocycles. The second-order valence-electron chi connectivity index (χ2n) is 5.53. The van der Waals surface area contributed by atoms with Gasteiger partial charge < -0.3 is 5.32 Å². The lowest BCUT2D eigenvalue weighted by Gasteiger charge is -2.10. The lowest BCUT2D eigenvalue weighted by Crippen LogP contribution is -2.32. The standard InChI is InChI=1S/C18H16FN3O2/c1-12-6-7-13(8-14(12)19)9-21-17(23)11-22-16-5-3-2-4-15(16)20-10-18(22)24/h2-8,10H,9,11H2,1H3,(H,21,23). The maximum absolute atomic E-state index is 13.5. The summed E-state index contributed by atoms with van der Waals surface area (Å²) in [5.74, 6) is -0.632.